The largest absolute Gasteiger partial charge is 0.481 e. The molecule has 112 valence electrons. The monoisotopic (exact) mass is 287 g/mol. The number of carboxylic acids is 1. The van der Waals surface area contributed by atoms with Gasteiger partial charge >= 0.3 is 5.97 Å². The van der Waals surface area contributed by atoms with Crippen molar-refractivity contribution in [1.82, 2.24) is 5.32 Å². The van der Waals surface area contributed by atoms with Crippen LogP contribution in [0.2, 0.25) is 0 Å². The van der Waals surface area contributed by atoms with Crippen LogP contribution in [0.5, 0.6) is 0 Å². The fraction of sp³-hybridized carbons (Fsp3) is 0.529. The van der Waals surface area contributed by atoms with Gasteiger partial charge in [-0.05, 0) is 43.1 Å². The Labute approximate surface area is 124 Å². The van der Waals surface area contributed by atoms with Crippen LogP contribution in [0.4, 0.5) is 0 Å². The van der Waals surface area contributed by atoms with Gasteiger partial charge in [-0.15, -0.1) is 0 Å². The van der Waals surface area contributed by atoms with E-state index in [2.05, 4.69) is 5.32 Å². The second-order valence-corrected chi connectivity index (χ2v) is 6.45. The van der Waals surface area contributed by atoms with Crippen molar-refractivity contribution in [1.29, 1.82) is 0 Å². The van der Waals surface area contributed by atoms with Crippen molar-refractivity contribution in [2.75, 3.05) is 0 Å². The molecule has 2 aliphatic carbocycles. The molecule has 2 aliphatic rings. The smallest absolute Gasteiger partial charge is 0.303 e. The molecular weight excluding hydrogens is 266 g/mol. The molecule has 1 aromatic rings. The average molecular weight is 287 g/mol. The second kappa shape index (κ2) is 5.51. The summed E-state index contributed by atoms with van der Waals surface area (Å²) in [6, 6.07) is 9.82. The molecule has 1 amide bonds. The molecule has 1 spiro atoms. The van der Waals surface area contributed by atoms with E-state index in [0.717, 1.165) is 12.0 Å². The van der Waals surface area contributed by atoms with Crippen LogP contribution in [0.15, 0.2) is 30.3 Å². The topological polar surface area (TPSA) is 66.4 Å². The summed E-state index contributed by atoms with van der Waals surface area (Å²) >= 11 is 0. The summed E-state index contributed by atoms with van der Waals surface area (Å²) < 4.78 is 0. The SMILES string of the molecule is O=C(O)CCC(Cc1ccccc1)NC(=O)C1CC12CC2. The van der Waals surface area contributed by atoms with Gasteiger partial charge in [0.25, 0.3) is 0 Å². The van der Waals surface area contributed by atoms with Crippen molar-refractivity contribution >= 4 is 11.9 Å². The molecule has 2 atom stereocenters. The maximum absolute atomic E-state index is 12.2. The van der Waals surface area contributed by atoms with Gasteiger partial charge in [0.05, 0.1) is 0 Å². The van der Waals surface area contributed by atoms with Gasteiger partial charge in [-0.25, -0.2) is 0 Å². The van der Waals surface area contributed by atoms with Gasteiger partial charge in [0.1, 0.15) is 0 Å². The van der Waals surface area contributed by atoms with Gasteiger partial charge in [-0.1, -0.05) is 30.3 Å². The van der Waals surface area contributed by atoms with Gasteiger partial charge in [0, 0.05) is 18.4 Å². The number of carbonyl (C=O) groups is 2. The number of amides is 1. The van der Waals surface area contributed by atoms with Crippen LogP contribution < -0.4 is 5.32 Å². The van der Waals surface area contributed by atoms with Crippen molar-refractivity contribution in [3.63, 3.8) is 0 Å². The zero-order valence-electron chi connectivity index (χ0n) is 12.0. The Kier molecular flexibility index (Phi) is 3.70. The number of benzene rings is 1. The highest BCUT2D eigenvalue weighted by Crippen LogP contribution is 2.70. The number of hydrogen-bond acceptors (Lipinski definition) is 2. The zero-order chi connectivity index (χ0) is 14.9. The Hall–Kier alpha value is -1.84. The molecule has 4 heteroatoms. The molecule has 2 fully saturated rings. The quantitative estimate of drug-likeness (QED) is 0.809. The molecule has 3 rings (SSSR count). The summed E-state index contributed by atoms with van der Waals surface area (Å²) in [5.41, 5.74) is 1.47. The van der Waals surface area contributed by atoms with E-state index in [4.69, 9.17) is 5.11 Å². The third-order valence-electron chi connectivity index (χ3n) is 4.78. The van der Waals surface area contributed by atoms with Crippen molar-refractivity contribution < 1.29 is 14.7 Å². The fourth-order valence-corrected chi connectivity index (χ4v) is 3.15. The molecule has 2 saturated carbocycles. The lowest BCUT2D eigenvalue weighted by Crippen LogP contribution is -2.38. The lowest BCUT2D eigenvalue weighted by atomic mass is 10.0. The highest BCUT2D eigenvalue weighted by atomic mass is 16.4. The Morgan fingerprint density at radius 2 is 2.00 bits per heavy atom. The standard InChI is InChI=1S/C17H21NO3/c19-15(20)7-6-13(10-12-4-2-1-3-5-12)18-16(21)14-11-17(14)8-9-17/h1-5,13-14H,6-11H2,(H,18,21)(H,19,20). The molecule has 0 aromatic heterocycles. The first kappa shape index (κ1) is 14.1. The average Bonchev–Trinajstić information content (AvgIpc) is 3.38. The van der Waals surface area contributed by atoms with E-state index < -0.39 is 5.97 Å². The van der Waals surface area contributed by atoms with E-state index in [-0.39, 0.29) is 24.3 Å². The molecule has 0 radical (unpaired) electrons. The Morgan fingerprint density at radius 3 is 2.57 bits per heavy atom. The highest BCUT2D eigenvalue weighted by Gasteiger charge is 2.65. The minimum absolute atomic E-state index is 0.0904. The van der Waals surface area contributed by atoms with Crippen LogP contribution in [0.25, 0.3) is 0 Å². The summed E-state index contributed by atoms with van der Waals surface area (Å²) in [4.78, 5) is 23.0. The van der Waals surface area contributed by atoms with Crippen molar-refractivity contribution in [3.05, 3.63) is 35.9 Å². The van der Waals surface area contributed by atoms with Gasteiger partial charge in [0.15, 0.2) is 0 Å². The lowest BCUT2D eigenvalue weighted by Gasteiger charge is -2.18. The number of carboxylic acid groups (broad SMARTS) is 1. The summed E-state index contributed by atoms with van der Waals surface area (Å²) in [7, 11) is 0. The van der Waals surface area contributed by atoms with E-state index in [1.807, 2.05) is 30.3 Å². The van der Waals surface area contributed by atoms with Crippen LogP contribution in [0.1, 0.15) is 37.7 Å². The van der Waals surface area contributed by atoms with E-state index in [0.29, 0.717) is 18.3 Å². The number of hydrogen-bond donors (Lipinski definition) is 2. The molecule has 2 unspecified atom stereocenters. The summed E-state index contributed by atoms with van der Waals surface area (Å²) in [5.74, 6) is -0.508. The molecule has 21 heavy (non-hydrogen) atoms. The van der Waals surface area contributed by atoms with Crippen LogP contribution in [-0.2, 0) is 16.0 Å². The Morgan fingerprint density at radius 1 is 1.29 bits per heavy atom. The van der Waals surface area contributed by atoms with Crippen molar-refractivity contribution in [3.8, 4) is 0 Å². The molecule has 0 bridgehead atoms. The molecule has 0 heterocycles. The van der Waals surface area contributed by atoms with E-state index in [1.165, 1.54) is 12.8 Å². The van der Waals surface area contributed by atoms with Gasteiger partial charge < -0.3 is 10.4 Å². The third kappa shape index (κ3) is 3.43. The van der Waals surface area contributed by atoms with Gasteiger partial charge in [-0.2, -0.15) is 0 Å². The molecule has 0 aliphatic heterocycles. The van der Waals surface area contributed by atoms with Crippen LogP contribution in [0, 0.1) is 11.3 Å². The second-order valence-electron chi connectivity index (χ2n) is 6.45. The highest BCUT2D eigenvalue weighted by molar-refractivity contribution is 5.83. The number of nitrogens with one attached hydrogen (secondary N) is 1. The lowest BCUT2D eigenvalue weighted by molar-refractivity contribution is -0.137. The maximum Gasteiger partial charge on any atom is 0.303 e. The first-order chi connectivity index (χ1) is 10.1. The fourth-order valence-electron chi connectivity index (χ4n) is 3.15. The maximum atomic E-state index is 12.2. The minimum Gasteiger partial charge on any atom is -0.481 e. The van der Waals surface area contributed by atoms with E-state index in [1.54, 1.807) is 0 Å². The van der Waals surface area contributed by atoms with E-state index >= 15 is 0 Å². The third-order valence-corrected chi connectivity index (χ3v) is 4.78. The van der Waals surface area contributed by atoms with Crippen molar-refractivity contribution in [2.45, 2.75) is 44.6 Å². The summed E-state index contributed by atoms with van der Waals surface area (Å²) in [6.45, 7) is 0. The minimum atomic E-state index is -0.813. The summed E-state index contributed by atoms with van der Waals surface area (Å²) in [6.07, 6.45) is 4.66. The number of aliphatic carboxylic acids is 1. The van der Waals surface area contributed by atoms with Crippen molar-refractivity contribution in [2.24, 2.45) is 11.3 Å². The molecule has 2 N–H and O–H groups in total. The van der Waals surface area contributed by atoms with Crippen LogP contribution >= 0.6 is 0 Å². The Balaban J connectivity index is 1.58. The predicted octanol–water partition coefficient (Wildman–Crippen LogP) is 2.38. The van der Waals surface area contributed by atoms with Crippen LogP contribution in [-0.4, -0.2) is 23.0 Å². The predicted molar refractivity (Wildman–Crippen MR) is 78.7 cm³/mol. The molecule has 0 saturated heterocycles. The summed E-state index contributed by atoms with van der Waals surface area (Å²) in [5, 5.41) is 11.9. The molecule has 4 nitrogen and oxygen atoms in total. The first-order valence-electron chi connectivity index (χ1n) is 7.65. The first-order valence-corrected chi connectivity index (χ1v) is 7.65. The number of rotatable bonds is 7. The van der Waals surface area contributed by atoms with Gasteiger partial charge in [-0.3, -0.25) is 9.59 Å². The molecule has 1 aromatic carbocycles. The number of carbonyl (C=O) groups excluding carboxylic acids is 1. The van der Waals surface area contributed by atoms with Crippen LogP contribution in [0.3, 0.4) is 0 Å². The molecular formula is C17H21NO3. The Bertz CT molecular complexity index is 536. The normalized spacial score (nSPS) is 22.6. The zero-order valence-corrected chi connectivity index (χ0v) is 12.0. The van der Waals surface area contributed by atoms with E-state index in [9.17, 15) is 9.59 Å². The van der Waals surface area contributed by atoms with Gasteiger partial charge in [0.2, 0.25) is 5.91 Å².